The summed E-state index contributed by atoms with van der Waals surface area (Å²) in [6.07, 6.45) is 2.68. The van der Waals surface area contributed by atoms with E-state index < -0.39 is 37.3 Å². The van der Waals surface area contributed by atoms with Crippen LogP contribution in [0.2, 0.25) is 10.1 Å². The van der Waals surface area contributed by atoms with Crippen molar-refractivity contribution in [3.63, 3.8) is 0 Å². The molecule has 12 heteroatoms. The Labute approximate surface area is 304 Å². The molecule has 0 spiro atoms. The molecule has 0 fully saturated rings. The van der Waals surface area contributed by atoms with Gasteiger partial charge in [-0.2, -0.15) is 0 Å². The topological polar surface area (TPSA) is 97.1 Å². The lowest BCUT2D eigenvalue weighted by Crippen LogP contribution is -2.67. The molecule has 51 heavy (non-hydrogen) atoms. The van der Waals surface area contributed by atoms with Crippen molar-refractivity contribution in [3.8, 4) is 16.9 Å². The fourth-order valence-electron chi connectivity index (χ4n) is 6.48. The summed E-state index contributed by atoms with van der Waals surface area (Å²) in [5, 5.41) is 1.85. The molecule has 0 bridgehead atoms. The number of nitrogens with one attached hydrogen (secondary N) is 2. The highest BCUT2D eigenvalue weighted by molar-refractivity contribution is 7.99. The van der Waals surface area contributed by atoms with Crippen LogP contribution in [-0.2, 0) is 4.43 Å². The zero-order chi connectivity index (χ0) is 36.3. The maximum atomic E-state index is 15.5. The predicted molar refractivity (Wildman–Crippen MR) is 203 cm³/mol. The average molecular weight is 744 g/mol. The van der Waals surface area contributed by atoms with E-state index in [0.29, 0.717) is 21.8 Å². The van der Waals surface area contributed by atoms with E-state index in [0.717, 1.165) is 16.4 Å². The number of aromatic amines is 2. The van der Waals surface area contributed by atoms with Gasteiger partial charge in [0.25, 0.3) is 13.9 Å². The number of aromatic nitrogens is 3. The highest BCUT2D eigenvalue weighted by Gasteiger charge is 2.50. The number of hydrogen-bond donors (Lipinski definition) is 2. The Kier molecular flexibility index (Phi) is 10.6. The van der Waals surface area contributed by atoms with Gasteiger partial charge in [0.15, 0.2) is 0 Å². The summed E-state index contributed by atoms with van der Waals surface area (Å²) in [6.45, 7) is 8.45. The van der Waals surface area contributed by atoms with Crippen LogP contribution >= 0.6 is 23.4 Å². The number of fused-ring (bicyclic) bond motifs is 1. The summed E-state index contributed by atoms with van der Waals surface area (Å²) >= 11 is 7.42. The van der Waals surface area contributed by atoms with Crippen molar-refractivity contribution in [2.75, 3.05) is 12.4 Å². The van der Waals surface area contributed by atoms with Gasteiger partial charge in [-0.15, -0.1) is 11.8 Å². The maximum absolute atomic E-state index is 15.5. The number of rotatable bonds is 11. The highest BCUT2D eigenvalue weighted by atomic mass is 35.5. The maximum Gasteiger partial charge on any atom is 0.326 e. The number of thioether (sulfide) groups is 1. The molecule has 1 atom stereocenters. The van der Waals surface area contributed by atoms with Crippen molar-refractivity contribution < 1.29 is 17.9 Å². The van der Waals surface area contributed by atoms with Gasteiger partial charge in [0.1, 0.15) is 23.5 Å². The summed E-state index contributed by atoms with van der Waals surface area (Å²) in [4.78, 5) is 35.1. The van der Waals surface area contributed by atoms with Gasteiger partial charge < -0.3 is 14.1 Å². The van der Waals surface area contributed by atoms with Crippen molar-refractivity contribution in [1.29, 1.82) is 0 Å². The van der Waals surface area contributed by atoms with Gasteiger partial charge in [-0.1, -0.05) is 93.0 Å². The van der Waals surface area contributed by atoms with Crippen molar-refractivity contribution >= 4 is 53.0 Å². The van der Waals surface area contributed by atoms with Gasteiger partial charge in [-0.25, -0.2) is 13.6 Å². The summed E-state index contributed by atoms with van der Waals surface area (Å²) in [6, 6.07) is 27.5. The average Bonchev–Trinajstić information content (AvgIpc) is 3.10. The lowest BCUT2D eigenvalue weighted by molar-refractivity contribution is 0.140. The van der Waals surface area contributed by atoms with E-state index >= 15 is 4.39 Å². The molecule has 0 aliphatic carbocycles. The molecule has 0 amide bonds. The molecule has 6 aromatic rings. The second kappa shape index (κ2) is 15.0. The number of halogens is 3. The smallest absolute Gasteiger partial charge is 0.326 e. The van der Waals surface area contributed by atoms with E-state index in [4.69, 9.17) is 20.8 Å². The Bertz CT molecular complexity index is 2250. The Morgan fingerprint density at radius 1 is 0.882 bits per heavy atom. The molecule has 0 aliphatic heterocycles. The van der Waals surface area contributed by atoms with Crippen LogP contribution in [0.3, 0.4) is 0 Å². The number of aryl methyl sites for hydroxylation is 1. The molecule has 0 aliphatic rings. The van der Waals surface area contributed by atoms with E-state index in [1.54, 1.807) is 37.5 Å². The first-order valence-corrected chi connectivity index (χ1v) is 19.6. The summed E-state index contributed by atoms with van der Waals surface area (Å²) in [5.41, 5.74) is -0.184. The minimum absolute atomic E-state index is 0.0274. The molecular weight excluding hydrogens is 708 g/mol. The van der Waals surface area contributed by atoms with E-state index in [1.807, 2.05) is 36.4 Å². The van der Waals surface area contributed by atoms with Crippen molar-refractivity contribution in [2.45, 2.75) is 43.7 Å². The second-order valence-corrected chi connectivity index (χ2v) is 18.9. The molecule has 6 rings (SSSR count). The van der Waals surface area contributed by atoms with Gasteiger partial charge in [-0.3, -0.25) is 14.8 Å². The van der Waals surface area contributed by atoms with Gasteiger partial charge >= 0.3 is 5.69 Å². The summed E-state index contributed by atoms with van der Waals surface area (Å²) < 4.78 is 43.6. The molecule has 0 unspecified atom stereocenters. The van der Waals surface area contributed by atoms with E-state index in [-0.39, 0.29) is 38.9 Å². The molecule has 0 saturated carbocycles. The van der Waals surface area contributed by atoms with Gasteiger partial charge in [0, 0.05) is 40.2 Å². The number of nitrogens with zero attached hydrogens (tertiary/aromatic N) is 1. The van der Waals surface area contributed by atoms with E-state index in [2.05, 4.69) is 60.0 Å². The normalized spacial score (nSPS) is 12.6. The first kappa shape index (κ1) is 36.2. The largest absolute Gasteiger partial charge is 0.487 e. The molecule has 2 N–H and O–H groups in total. The molecule has 7 nitrogen and oxygen atoms in total. The zero-order valence-corrected chi connectivity index (χ0v) is 31.0. The Morgan fingerprint density at radius 3 is 2.12 bits per heavy atom. The number of hydrogen-bond acceptors (Lipinski definition) is 6. The second-order valence-electron chi connectivity index (χ2n) is 13.2. The van der Waals surface area contributed by atoms with Crippen LogP contribution in [0.15, 0.2) is 118 Å². The quantitative estimate of drug-likeness (QED) is 0.0805. The molecule has 2 heterocycles. The van der Waals surface area contributed by atoms with Crippen LogP contribution in [0.5, 0.6) is 5.75 Å². The minimum atomic E-state index is -2.98. The van der Waals surface area contributed by atoms with Gasteiger partial charge in [0.2, 0.25) is 0 Å². The first-order chi connectivity index (χ1) is 24.4. The number of benzene rings is 4. The lowest BCUT2D eigenvalue weighted by Gasteiger charge is -2.43. The molecular formula is C39H36ClF2N3O4SSi. The third kappa shape index (κ3) is 7.43. The third-order valence-electron chi connectivity index (χ3n) is 8.74. The molecule has 2 aromatic heterocycles. The van der Waals surface area contributed by atoms with Crippen molar-refractivity contribution in [3.05, 3.63) is 146 Å². The fourth-order valence-corrected chi connectivity index (χ4v) is 12.5. The van der Waals surface area contributed by atoms with Crippen LogP contribution in [0.1, 0.15) is 26.3 Å². The van der Waals surface area contributed by atoms with Crippen LogP contribution in [0.25, 0.3) is 22.0 Å². The monoisotopic (exact) mass is 743 g/mol. The predicted octanol–water partition coefficient (Wildman–Crippen LogP) is 7.63. The number of ether oxygens (including phenoxy) is 1. The number of H-pyrrole nitrogens is 2. The Balaban J connectivity index is 1.47. The molecule has 262 valence electrons. The molecule has 0 saturated heterocycles. The SMILES string of the molecule is Cc1cc2c(=O)[nH]c(=O)[nH]c2c(SC[C@H](CO[Si](c2ccccc2)(c2ccccc2)C(C)(C)C)Oc2ccncc2)c1-c1cc(Cl)c(F)cc1F. The summed E-state index contributed by atoms with van der Waals surface area (Å²) in [7, 11) is -2.98. The van der Waals surface area contributed by atoms with Crippen LogP contribution in [0, 0.1) is 18.6 Å². The molecule has 4 aromatic carbocycles. The van der Waals surface area contributed by atoms with Crippen LogP contribution < -0.4 is 26.4 Å². The Morgan fingerprint density at radius 2 is 1.51 bits per heavy atom. The number of pyridine rings is 1. The summed E-state index contributed by atoms with van der Waals surface area (Å²) in [5.74, 6) is -0.927. The van der Waals surface area contributed by atoms with Crippen molar-refractivity contribution in [2.24, 2.45) is 0 Å². The van der Waals surface area contributed by atoms with Crippen LogP contribution in [0.4, 0.5) is 8.78 Å². The zero-order valence-electron chi connectivity index (χ0n) is 28.4. The molecule has 0 radical (unpaired) electrons. The standard InChI is InChI=1S/C39H36ClF2N3O4SSi/c1-24-19-30-35(44-38(47)45-37(30)46)36(34(24)29-20-31(40)33(42)21-32(29)41)50-23-26(49-25-15-17-43-18-16-25)22-48-51(39(2,3)4,27-11-7-5-8-12-27)28-13-9-6-10-14-28/h5-21,26H,22-23H2,1-4H3,(H2,44,45,46,47)/t26-/m0/s1. The van der Waals surface area contributed by atoms with E-state index in [9.17, 15) is 14.0 Å². The van der Waals surface area contributed by atoms with E-state index in [1.165, 1.54) is 17.8 Å². The fraction of sp³-hybridized carbons (Fsp3) is 0.205. The van der Waals surface area contributed by atoms with Crippen molar-refractivity contribution in [1.82, 2.24) is 15.0 Å². The first-order valence-electron chi connectivity index (χ1n) is 16.3. The van der Waals surface area contributed by atoms with Crippen LogP contribution in [-0.4, -0.2) is 41.7 Å². The van der Waals surface area contributed by atoms with Gasteiger partial charge in [0.05, 0.1) is 22.5 Å². The lowest BCUT2D eigenvalue weighted by atomic mass is 9.98. The Hall–Kier alpha value is -4.55. The van der Waals surface area contributed by atoms with Gasteiger partial charge in [-0.05, 0) is 52.2 Å². The highest BCUT2D eigenvalue weighted by Crippen LogP contribution is 2.42. The third-order valence-corrected chi connectivity index (χ3v) is 15.3. The minimum Gasteiger partial charge on any atom is -0.487 e.